The fraction of sp³-hybridized carbons (Fsp3) is 1.00. The Morgan fingerprint density at radius 1 is 1.06 bits per heavy atom. The highest BCUT2D eigenvalue weighted by Crippen LogP contribution is 2.43. The summed E-state index contributed by atoms with van der Waals surface area (Å²) in [5.74, 6) is 0.968. The molecule has 1 unspecified atom stereocenters. The van der Waals surface area contributed by atoms with Gasteiger partial charge in [0, 0.05) is 32.1 Å². The van der Waals surface area contributed by atoms with E-state index in [-0.39, 0.29) is 0 Å². The summed E-state index contributed by atoms with van der Waals surface area (Å²) < 4.78 is 0. The molecule has 1 saturated heterocycles. The molecule has 0 amide bonds. The van der Waals surface area contributed by atoms with E-state index in [1.54, 1.807) is 0 Å². The molecule has 1 aliphatic rings. The molecular weight excluding hydrogens is 196 g/mol. The van der Waals surface area contributed by atoms with Gasteiger partial charge in [-0.25, -0.2) is 0 Å². The van der Waals surface area contributed by atoms with Crippen LogP contribution in [-0.4, -0.2) is 82.5 Å². The molecule has 0 radical (unpaired) electrons. The molecule has 0 bridgehead atoms. The minimum atomic E-state index is 0.368. The van der Waals surface area contributed by atoms with Crippen LogP contribution < -0.4 is 0 Å². The maximum atomic E-state index is 8.82. The van der Waals surface area contributed by atoms with Crippen molar-refractivity contribution in [1.29, 1.82) is 0 Å². The van der Waals surface area contributed by atoms with Crippen molar-refractivity contribution in [3.63, 3.8) is 0 Å². The Morgan fingerprint density at radius 2 is 1.71 bits per heavy atom. The third kappa shape index (κ3) is 4.65. The van der Waals surface area contributed by atoms with E-state index < -0.39 is 0 Å². The first-order valence-electron chi connectivity index (χ1n) is 7.59. The molecule has 0 spiro atoms. The lowest BCUT2D eigenvalue weighted by Gasteiger charge is -2.24. The Hall–Kier alpha value is 0.609. The lowest BCUT2D eigenvalue weighted by atomic mass is 8.57. The van der Waals surface area contributed by atoms with Crippen LogP contribution in [0.3, 0.4) is 0 Å². The predicted octanol–water partition coefficient (Wildman–Crippen LogP) is -5.03. The molecule has 1 nitrogen and oxygen atoms in total. The second-order valence-electron chi connectivity index (χ2n) is 6.80. The normalized spacial score (nSPS) is 17.7. The average Bonchev–Trinajstić information content (AvgIpc) is 2.97. The van der Waals surface area contributed by atoms with Crippen LogP contribution >= 0.6 is 0 Å². The van der Waals surface area contributed by atoms with Crippen LogP contribution in [-0.2, 0) is 0 Å². The minimum absolute atomic E-state index is 0.368. The van der Waals surface area contributed by atoms with Crippen LogP contribution in [0.5, 0.6) is 0 Å². The van der Waals surface area contributed by atoms with E-state index in [1.807, 2.05) is 0 Å². The Kier molecular flexibility index (Phi) is 6.69. The zero-order valence-corrected chi connectivity index (χ0v) is 12.4. The van der Waals surface area contributed by atoms with E-state index in [9.17, 15) is 0 Å². The molecule has 0 aromatic carbocycles. The molecule has 1 heterocycles. The Bertz CT molecular complexity index is 225. The Labute approximate surface area is 114 Å². The van der Waals surface area contributed by atoms with Gasteiger partial charge in [0.1, 0.15) is 0 Å². The van der Waals surface area contributed by atoms with Gasteiger partial charge in [0.15, 0.2) is 0 Å². The van der Waals surface area contributed by atoms with Gasteiger partial charge >= 0.3 is 0 Å². The number of rotatable bonds is 8. The lowest BCUT2D eigenvalue weighted by Crippen LogP contribution is -2.63. The van der Waals surface area contributed by atoms with E-state index >= 15 is 0 Å². The van der Waals surface area contributed by atoms with Crippen molar-refractivity contribution in [3.8, 4) is 0 Å². The first kappa shape index (κ1) is 15.7. The minimum Gasteiger partial charge on any atom is -0.396 e. The largest absolute Gasteiger partial charge is 0.396 e. The summed E-state index contributed by atoms with van der Waals surface area (Å²) in [6.45, 7) is 1.35. The molecule has 0 aliphatic carbocycles. The van der Waals surface area contributed by atoms with Crippen molar-refractivity contribution < 1.29 is 5.11 Å². The molecule has 0 aromatic rings. The molecule has 1 aliphatic heterocycles. The van der Waals surface area contributed by atoms with Gasteiger partial charge in [0.25, 0.3) is 0 Å². The SMILES string of the molecule is BB(B)B(B)B(B(B)B)B1CC1CCCCO. The van der Waals surface area contributed by atoms with E-state index in [0.29, 0.717) is 6.61 Å². The summed E-state index contributed by atoms with van der Waals surface area (Å²) in [5.41, 5.74) is 0. The lowest BCUT2D eigenvalue weighted by molar-refractivity contribution is 0.283. The molecule has 0 aromatic heterocycles. The van der Waals surface area contributed by atoms with Crippen LogP contribution in [0.15, 0.2) is 0 Å². The van der Waals surface area contributed by atoms with Crippen molar-refractivity contribution in [1.82, 2.24) is 0 Å². The van der Waals surface area contributed by atoms with Gasteiger partial charge < -0.3 is 5.11 Å². The van der Waals surface area contributed by atoms with E-state index in [1.165, 1.54) is 19.2 Å². The highest BCUT2D eigenvalue weighted by atomic mass is 16.2. The standard InChI is InChI=1S/C6H22B10O/c7-13(8)15(11)16(14(9)10)12-5-6(12)3-1-2-4-17/h6,17H,1-5,7-11H2. The van der Waals surface area contributed by atoms with Crippen LogP contribution in [0, 0.1) is 0 Å². The van der Waals surface area contributed by atoms with Crippen LogP contribution in [0.1, 0.15) is 19.3 Å². The average molecular weight is 218 g/mol. The highest BCUT2D eigenvalue weighted by Gasteiger charge is 2.49. The van der Waals surface area contributed by atoms with Gasteiger partial charge in [0.2, 0.25) is 0 Å². The first-order chi connectivity index (χ1) is 7.99. The fourth-order valence-corrected chi connectivity index (χ4v) is 3.53. The maximum absolute atomic E-state index is 8.82. The zero-order chi connectivity index (χ0) is 13.0. The van der Waals surface area contributed by atoms with Gasteiger partial charge in [-0.05, 0) is 6.42 Å². The van der Waals surface area contributed by atoms with Crippen LogP contribution in [0.4, 0.5) is 0 Å². The number of unbranched alkanes of at least 4 members (excludes halogenated alkanes) is 1. The summed E-state index contributed by atoms with van der Waals surface area (Å²) in [6.07, 6.45) is 8.40. The molecule has 17 heavy (non-hydrogen) atoms. The predicted molar refractivity (Wildman–Crippen MR) is 101 cm³/mol. The summed E-state index contributed by atoms with van der Waals surface area (Å²) in [7, 11) is 12.0. The highest BCUT2D eigenvalue weighted by molar-refractivity contribution is 8.01. The summed E-state index contributed by atoms with van der Waals surface area (Å²) >= 11 is 0. The number of hydrogen-bond donors (Lipinski definition) is 1. The topological polar surface area (TPSA) is 20.2 Å². The molecule has 0 saturated carbocycles. The number of aliphatic hydroxyl groups is 1. The molecule has 82 valence electrons. The van der Waals surface area contributed by atoms with Gasteiger partial charge in [-0.15, -0.1) is 0 Å². The van der Waals surface area contributed by atoms with Crippen LogP contribution in [0.2, 0.25) is 12.1 Å². The van der Waals surface area contributed by atoms with Gasteiger partial charge in [0.05, 0.1) is 45.3 Å². The molecule has 1 N–H and O–H groups in total. The fourth-order valence-electron chi connectivity index (χ4n) is 3.53. The summed E-state index contributed by atoms with van der Waals surface area (Å²) in [4.78, 5) is 0. The Balaban J connectivity index is 2.41. The van der Waals surface area contributed by atoms with Crippen molar-refractivity contribution in [2.45, 2.75) is 31.4 Å². The second kappa shape index (κ2) is 7.26. The smallest absolute Gasteiger partial charge is 0.0928 e. The van der Waals surface area contributed by atoms with Crippen molar-refractivity contribution >= 4 is 70.8 Å². The number of aliphatic hydroxyl groups excluding tert-OH is 1. The van der Waals surface area contributed by atoms with E-state index in [4.69, 9.17) is 5.11 Å². The monoisotopic (exact) mass is 220 g/mol. The molecule has 1 rings (SSSR count). The number of hydrogen-bond acceptors (Lipinski definition) is 1. The van der Waals surface area contributed by atoms with Gasteiger partial charge in [-0.2, -0.15) is 0 Å². The molecule has 11 heteroatoms. The first-order valence-corrected chi connectivity index (χ1v) is 7.59. The van der Waals surface area contributed by atoms with E-state index in [2.05, 4.69) is 38.7 Å². The van der Waals surface area contributed by atoms with Gasteiger partial charge in [-0.1, -0.05) is 25.0 Å². The Morgan fingerprint density at radius 3 is 2.18 bits per heavy atom. The third-order valence-corrected chi connectivity index (χ3v) is 4.88. The quantitative estimate of drug-likeness (QED) is 0.319. The molecular formula is C6H22B10O. The second-order valence-corrected chi connectivity index (χ2v) is 6.80. The van der Waals surface area contributed by atoms with Crippen molar-refractivity contribution in [2.75, 3.05) is 6.61 Å². The van der Waals surface area contributed by atoms with Crippen LogP contribution in [0.25, 0.3) is 0 Å². The summed E-state index contributed by atoms with van der Waals surface area (Å²) in [6, 6.07) is 0. The summed E-state index contributed by atoms with van der Waals surface area (Å²) in [5, 5.41) is 8.82. The molecule has 1 fully saturated rings. The van der Waals surface area contributed by atoms with Crippen molar-refractivity contribution in [3.05, 3.63) is 0 Å². The third-order valence-electron chi connectivity index (χ3n) is 4.88. The zero-order valence-electron chi connectivity index (χ0n) is 12.4. The van der Waals surface area contributed by atoms with Crippen molar-refractivity contribution in [2.24, 2.45) is 0 Å². The van der Waals surface area contributed by atoms with E-state index in [0.717, 1.165) is 44.4 Å². The maximum Gasteiger partial charge on any atom is 0.0928 e. The van der Waals surface area contributed by atoms with Gasteiger partial charge in [-0.3, -0.25) is 0 Å². The molecule has 1 atom stereocenters.